The third-order valence-electron chi connectivity index (χ3n) is 6.30. The van der Waals surface area contributed by atoms with Crippen LogP contribution in [0.1, 0.15) is 25.3 Å². The highest BCUT2D eigenvalue weighted by molar-refractivity contribution is 5.82. The van der Waals surface area contributed by atoms with Crippen LogP contribution in [-0.4, -0.2) is 99.6 Å². The van der Waals surface area contributed by atoms with Crippen molar-refractivity contribution in [2.24, 2.45) is 4.99 Å². The predicted octanol–water partition coefficient (Wildman–Crippen LogP) is 1.50. The van der Waals surface area contributed by atoms with Gasteiger partial charge in [-0.3, -0.25) is 14.7 Å². The zero-order chi connectivity index (χ0) is 21.5. The summed E-state index contributed by atoms with van der Waals surface area (Å²) < 4.78 is 0. The molecule has 0 aliphatic carbocycles. The lowest BCUT2D eigenvalue weighted by Gasteiger charge is -2.39. The van der Waals surface area contributed by atoms with Gasteiger partial charge in [-0.15, -0.1) is 0 Å². The molecule has 1 N–H and O–H groups in total. The van der Waals surface area contributed by atoms with Gasteiger partial charge < -0.3 is 20.0 Å². The number of anilines is 1. The summed E-state index contributed by atoms with van der Waals surface area (Å²) >= 11 is 0. The minimum atomic E-state index is -0.0228. The first kappa shape index (κ1) is 22.4. The first-order valence-electron chi connectivity index (χ1n) is 11.2. The van der Waals surface area contributed by atoms with Gasteiger partial charge in [0.2, 0.25) is 5.91 Å². The molecule has 2 saturated heterocycles. The Kier molecular flexibility index (Phi) is 7.96. The normalized spacial score (nSPS) is 19.1. The summed E-state index contributed by atoms with van der Waals surface area (Å²) in [7, 11) is 5.97. The van der Waals surface area contributed by atoms with Gasteiger partial charge in [0.15, 0.2) is 5.96 Å². The number of piperazine rings is 1. The molecule has 2 aliphatic heterocycles. The molecule has 3 rings (SSSR count). The van der Waals surface area contributed by atoms with E-state index in [1.165, 1.54) is 11.3 Å². The number of aliphatic imine (C=N–C) groups is 1. The summed E-state index contributed by atoms with van der Waals surface area (Å²) in [5.41, 5.74) is 2.54. The molecule has 1 aromatic carbocycles. The van der Waals surface area contributed by atoms with E-state index < -0.39 is 0 Å². The van der Waals surface area contributed by atoms with Crippen LogP contribution in [0.4, 0.5) is 5.69 Å². The van der Waals surface area contributed by atoms with Crippen molar-refractivity contribution in [2.45, 2.75) is 32.2 Å². The fraction of sp³-hybridized carbons (Fsp3) is 0.652. The highest BCUT2D eigenvalue weighted by Crippen LogP contribution is 2.14. The quantitative estimate of drug-likeness (QED) is 0.565. The Labute approximate surface area is 181 Å². The molecule has 0 spiro atoms. The Morgan fingerprint density at radius 1 is 1.03 bits per heavy atom. The maximum atomic E-state index is 12.7. The van der Waals surface area contributed by atoms with E-state index in [-0.39, 0.29) is 6.04 Å². The number of carbonyl (C=O) groups excluding carboxylic acids is 1. The second kappa shape index (κ2) is 10.7. The van der Waals surface area contributed by atoms with Crippen molar-refractivity contribution < 1.29 is 4.79 Å². The Morgan fingerprint density at radius 2 is 1.67 bits per heavy atom. The number of hydrogen-bond donors (Lipinski definition) is 1. The molecule has 2 fully saturated rings. The van der Waals surface area contributed by atoms with Crippen LogP contribution in [0.5, 0.6) is 0 Å². The molecule has 1 atom stereocenters. The zero-order valence-corrected chi connectivity index (χ0v) is 19.1. The van der Waals surface area contributed by atoms with E-state index in [4.69, 9.17) is 0 Å². The van der Waals surface area contributed by atoms with Gasteiger partial charge in [-0.2, -0.15) is 0 Å². The lowest BCUT2D eigenvalue weighted by molar-refractivity contribution is -0.135. The van der Waals surface area contributed by atoms with Crippen LogP contribution in [-0.2, 0) is 11.2 Å². The highest BCUT2D eigenvalue weighted by atomic mass is 16.2. The molecule has 0 saturated carbocycles. The fourth-order valence-corrected chi connectivity index (χ4v) is 4.29. The zero-order valence-electron chi connectivity index (χ0n) is 19.1. The summed E-state index contributed by atoms with van der Waals surface area (Å²) in [5.74, 6) is 1.25. The van der Waals surface area contributed by atoms with Gasteiger partial charge in [-0.25, -0.2) is 0 Å². The Morgan fingerprint density at radius 3 is 2.23 bits per heavy atom. The molecular weight excluding hydrogens is 376 g/mol. The van der Waals surface area contributed by atoms with Gasteiger partial charge in [0, 0.05) is 72.6 Å². The second-order valence-corrected chi connectivity index (χ2v) is 8.52. The molecule has 7 heteroatoms. The van der Waals surface area contributed by atoms with Crippen molar-refractivity contribution in [3.8, 4) is 0 Å². The van der Waals surface area contributed by atoms with Crippen molar-refractivity contribution in [1.29, 1.82) is 0 Å². The standard InChI is InChI=1S/C23H38N6O/c1-19(22(30)28-13-5-6-14-28)27-15-17-29(18-16-27)23(24-2)25-12-11-20-7-9-21(10-8-20)26(3)4/h7-10,19H,5-6,11-18H2,1-4H3,(H,24,25). The number of carbonyl (C=O) groups is 1. The van der Waals surface area contributed by atoms with Crippen LogP contribution in [0.25, 0.3) is 0 Å². The first-order chi connectivity index (χ1) is 14.5. The summed E-state index contributed by atoms with van der Waals surface area (Å²) in [6, 6.07) is 8.68. The molecular formula is C23H38N6O. The third-order valence-corrected chi connectivity index (χ3v) is 6.30. The molecule has 2 aliphatic rings. The van der Waals surface area contributed by atoms with Gasteiger partial charge in [0.05, 0.1) is 6.04 Å². The van der Waals surface area contributed by atoms with Crippen LogP contribution >= 0.6 is 0 Å². The van der Waals surface area contributed by atoms with Gasteiger partial charge >= 0.3 is 0 Å². The van der Waals surface area contributed by atoms with Crippen molar-refractivity contribution in [1.82, 2.24) is 20.0 Å². The van der Waals surface area contributed by atoms with E-state index in [2.05, 4.69) is 70.3 Å². The number of guanidine groups is 1. The largest absolute Gasteiger partial charge is 0.378 e. The maximum Gasteiger partial charge on any atom is 0.239 e. The van der Waals surface area contributed by atoms with Crippen molar-refractivity contribution in [3.63, 3.8) is 0 Å². The molecule has 0 aromatic heterocycles. The van der Waals surface area contributed by atoms with Crippen LogP contribution in [0.3, 0.4) is 0 Å². The third kappa shape index (κ3) is 5.65. The predicted molar refractivity (Wildman–Crippen MR) is 124 cm³/mol. The number of nitrogens with zero attached hydrogens (tertiary/aromatic N) is 5. The Balaban J connectivity index is 1.42. The summed E-state index contributed by atoms with van der Waals surface area (Å²) in [4.78, 5) is 25.9. The molecule has 1 unspecified atom stereocenters. The Hall–Kier alpha value is -2.28. The van der Waals surface area contributed by atoms with Gasteiger partial charge in [-0.05, 0) is 43.9 Å². The van der Waals surface area contributed by atoms with E-state index in [0.29, 0.717) is 5.91 Å². The minimum Gasteiger partial charge on any atom is -0.378 e. The molecule has 166 valence electrons. The van der Waals surface area contributed by atoms with Gasteiger partial charge in [-0.1, -0.05) is 12.1 Å². The first-order valence-corrected chi connectivity index (χ1v) is 11.2. The molecule has 2 heterocycles. The topological polar surface area (TPSA) is 54.4 Å². The van der Waals surface area contributed by atoms with Crippen LogP contribution in [0.2, 0.25) is 0 Å². The number of nitrogens with one attached hydrogen (secondary N) is 1. The molecule has 30 heavy (non-hydrogen) atoms. The number of rotatable bonds is 6. The SMILES string of the molecule is CN=C(NCCc1ccc(N(C)C)cc1)N1CCN(C(C)C(=O)N2CCCC2)CC1. The van der Waals surface area contributed by atoms with E-state index >= 15 is 0 Å². The summed E-state index contributed by atoms with van der Waals surface area (Å²) in [6.07, 6.45) is 3.26. The summed E-state index contributed by atoms with van der Waals surface area (Å²) in [6.45, 7) is 8.36. The Bertz CT molecular complexity index is 703. The number of benzene rings is 1. The fourth-order valence-electron chi connectivity index (χ4n) is 4.29. The monoisotopic (exact) mass is 414 g/mol. The molecule has 0 bridgehead atoms. The average molecular weight is 415 g/mol. The second-order valence-electron chi connectivity index (χ2n) is 8.52. The molecule has 1 amide bonds. The maximum absolute atomic E-state index is 12.7. The van der Waals surface area contributed by atoms with Gasteiger partial charge in [0.25, 0.3) is 0 Å². The smallest absolute Gasteiger partial charge is 0.239 e. The lowest BCUT2D eigenvalue weighted by Crippen LogP contribution is -2.57. The van der Waals surface area contributed by atoms with Crippen LogP contribution < -0.4 is 10.2 Å². The number of likely N-dealkylation sites (tertiary alicyclic amines) is 1. The summed E-state index contributed by atoms with van der Waals surface area (Å²) in [5, 5.41) is 3.51. The van der Waals surface area contributed by atoms with E-state index in [1.807, 2.05) is 11.9 Å². The molecule has 1 aromatic rings. The lowest BCUT2D eigenvalue weighted by atomic mass is 10.1. The molecule has 0 radical (unpaired) electrons. The van der Waals surface area contributed by atoms with Crippen molar-refractivity contribution >= 4 is 17.6 Å². The van der Waals surface area contributed by atoms with Crippen molar-refractivity contribution in [3.05, 3.63) is 29.8 Å². The molecule has 7 nitrogen and oxygen atoms in total. The highest BCUT2D eigenvalue weighted by Gasteiger charge is 2.30. The number of hydrogen-bond acceptors (Lipinski definition) is 4. The van der Waals surface area contributed by atoms with Gasteiger partial charge in [0.1, 0.15) is 0 Å². The average Bonchev–Trinajstić information content (AvgIpc) is 3.31. The van der Waals surface area contributed by atoms with Crippen LogP contribution in [0, 0.1) is 0 Å². The van der Waals surface area contributed by atoms with E-state index in [9.17, 15) is 4.79 Å². The number of amides is 1. The minimum absolute atomic E-state index is 0.0228. The van der Waals surface area contributed by atoms with Crippen molar-refractivity contribution in [2.75, 3.05) is 71.9 Å². The van der Waals surface area contributed by atoms with Crippen LogP contribution in [0.15, 0.2) is 29.3 Å². The van der Waals surface area contributed by atoms with E-state index in [0.717, 1.165) is 71.0 Å². The van der Waals surface area contributed by atoms with E-state index in [1.54, 1.807) is 0 Å².